The third kappa shape index (κ3) is 3.00. The van der Waals surface area contributed by atoms with Crippen LogP contribution in [0.25, 0.3) is 0 Å². The third-order valence-corrected chi connectivity index (χ3v) is 8.49. The molecular weight excluding hydrogens is 422 g/mol. The molecule has 2 fully saturated rings. The lowest BCUT2D eigenvalue weighted by Gasteiger charge is -2.37. The Morgan fingerprint density at radius 1 is 1.19 bits per heavy atom. The van der Waals surface area contributed by atoms with Crippen LogP contribution in [0.4, 0.5) is 0 Å². The summed E-state index contributed by atoms with van der Waals surface area (Å²) in [6, 6.07) is 3.02. The van der Waals surface area contributed by atoms with Gasteiger partial charge in [-0.2, -0.15) is 4.31 Å². The minimum absolute atomic E-state index is 0.207. The molecule has 1 N–H and O–H groups in total. The molecule has 4 heterocycles. The summed E-state index contributed by atoms with van der Waals surface area (Å²) in [6.07, 6.45) is 1.76. The molecule has 1 aromatic rings. The predicted octanol–water partition coefficient (Wildman–Crippen LogP) is 0.647. The van der Waals surface area contributed by atoms with Crippen molar-refractivity contribution in [3.63, 3.8) is 0 Å². The van der Waals surface area contributed by atoms with Gasteiger partial charge in [-0.3, -0.25) is 19.7 Å². The molecule has 0 aromatic heterocycles. The zero-order chi connectivity index (χ0) is 22.0. The van der Waals surface area contributed by atoms with Crippen molar-refractivity contribution < 1.29 is 27.5 Å². The van der Waals surface area contributed by atoms with Gasteiger partial charge in [0.05, 0.1) is 13.2 Å². The van der Waals surface area contributed by atoms with Crippen LogP contribution in [-0.4, -0.2) is 61.1 Å². The first-order valence-electron chi connectivity index (χ1n) is 10.3. The van der Waals surface area contributed by atoms with Gasteiger partial charge in [-0.15, -0.1) is 0 Å². The topological polar surface area (TPSA) is 113 Å². The molecule has 5 rings (SSSR count). The van der Waals surface area contributed by atoms with Crippen LogP contribution >= 0.6 is 0 Å². The van der Waals surface area contributed by atoms with Gasteiger partial charge in [-0.05, 0) is 25.3 Å². The van der Waals surface area contributed by atoms with E-state index >= 15 is 0 Å². The van der Waals surface area contributed by atoms with Gasteiger partial charge in [0.25, 0.3) is 5.91 Å². The van der Waals surface area contributed by atoms with Crippen LogP contribution in [0.1, 0.15) is 47.2 Å². The molecule has 0 bridgehead atoms. The Labute approximate surface area is 180 Å². The van der Waals surface area contributed by atoms with Crippen LogP contribution < -0.4 is 10.1 Å². The Morgan fingerprint density at radius 3 is 2.61 bits per heavy atom. The number of benzene rings is 1. The maximum atomic E-state index is 13.0. The molecule has 164 valence electrons. The molecule has 1 spiro atoms. The van der Waals surface area contributed by atoms with Crippen molar-refractivity contribution in [1.29, 1.82) is 0 Å². The quantitative estimate of drug-likeness (QED) is 0.684. The number of amides is 3. The number of rotatable bonds is 3. The lowest BCUT2D eigenvalue weighted by molar-refractivity contribution is -0.136. The number of hydrogen-bond acceptors (Lipinski definition) is 6. The zero-order valence-corrected chi connectivity index (χ0v) is 17.7. The predicted molar refractivity (Wildman–Crippen MR) is 110 cm³/mol. The van der Waals surface area contributed by atoms with E-state index in [0.29, 0.717) is 50.3 Å². The number of ether oxygens (including phenoxy) is 1. The summed E-state index contributed by atoms with van der Waals surface area (Å²) in [6.45, 7) is 4.86. The first kappa shape index (κ1) is 20.2. The van der Waals surface area contributed by atoms with Crippen molar-refractivity contribution in [3.8, 4) is 5.75 Å². The maximum absolute atomic E-state index is 13.0. The fourth-order valence-corrected chi connectivity index (χ4v) is 6.07. The van der Waals surface area contributed by atoms with E-state index in [0.717, 1.165) is 16.5 Å². The van der Waals surface area contributed by atoms with Gasteiger partial charge in [0.15, 0.2) is 0 Å². The van der Waals surface area contributed by atoms with E-state index in [-0.39, 0.29) is 30.2 Å². The summed E-state index contributed by atoms with van der Waals surface area (Å²) < 4.78 is 31.7. The molecule has 9 nitrogen and oxygen atoms in total. The number of hydrogen-bond donors (Lipinski definition) is 1. The highest BCUT2D eigenvalue weighted by Gasteiger charge is 2.48. The molecule has 4 aliphatic rings. The molecular formula is C21H23N3O6S. The molecule has 0 aliphatic carbocycles. The van der Waals surface area contributed by atoms with E-state index in [1.165, 1.54) is 9.21 Å². The Bertz CT molecular complexity index is 1120. The van der Waals surface area contributed by atoms with Crippen molar-refractivity contribution >= 4 is 27.7 Å². The SMILES string of the molecule is C=CS(=O)(=O)N1CCC2(CC1)COc1c2ccc2c1CN([C@H]1CCC(=O)NC1=O)C2=O. The van der Waals surface area contributed by atoms with E-state index < -0.39 is 22.0 Å². The van der Waals surface area contributed by atoms with Crippen LogP contribution in [0, 0.1) is 0 Å². The van der Waals surface area contributed by atoms with Gasteiger partial charge < -0.3 is 9.64 Å². The molecule has 0 radical (unpaired) electrons. The highest BCUT2D eigenvalue weighted by Crippen LogP contribution is 2.49. The fourth-order valence-electron chi connectivity index (χ4n) is 5.17. The molecule has 0 unspecified atom stereocenters. The van der Waals surface area contributed by atoms with E-state index in [2.05, 4.69) is 11.9 Å². The van der Waals surface area contributed by atoms with Crippen molar-refractivity contribution in [3.05, 3.63) is 40.8 Å². The lowest BCUT2D eigenvalue weighted by Crippen LogP contribution is -2.52. The molecule has 10 heteroatoms. The van der Waals surface area contributed by atoms with Crippen LogP contribution in [-0.2, 0) is 31.6 Å². The summed E-state index contributed by atoms with van der Waals surface area (Å²) in [5.74, 6) is -0.312. The summed E-state index contributed by atoms with van der Waals surface area (Å²) in [5, 5.41) is 3.29. The molecule has 1 atom stereocenters. The zero-order valence-electron chi connectivity index (χ0n) is 16.9. The number of carbonyl (C=O) groups excluding carboxylic acids is 3. The van der Waals surface area contributed by atoms with Crippen molar-refractivity contribution in [2.75, 3.05) is 19.7 Å². The maximum Gasteiger partial charge on any atom is 0.255 e. The average Bonchev–Trinajstić information content (AvgIpc) is 3.27. The summed E-state index contributed by atoms with van der Waals surface area (Å²) in [7, 11) is -3.45. The van der Waals surface area contributed by atoms with Gasteiger partial charge in [-0.1, -0.05) is 12.6 Å². The van der Waals surface area contributed by atoms with Gasteiger partial charge in [0, 0.05) is 47.0 Å². The first-order valence-corrected chi connectivity index (χ1v) is 11.8. The minimum atomic E-state index is -3.45. The summed E-state index contributed by atoms with van der Waals surface area (Å²) in [5.41, 5.74) is 2.00. The molecule has 3 amide bonds. The molecule has 0 saturated carbocycles. The van der Waals surface area contributed by atoms with E-state index in [1.807, 2.05) is 6.07 Å². The highest BCUT2D eigenvalue weighted by atomic mass is 32.2. The number of imide groups is 1. The number of nitrogens with zero attached hydrogens (tertiary/aromatic N) is 2. The molecule has 1 aromatic carbocycles. The normalized spacial score (nSPS) is 25.2. The Balaban J connectivity index is 1.41. The summed E-state index contributed by atoms with van der Waals surface area (Å²) in [4.78, 5) is 38.3. The second-order valence-corrected chi connectivity index (χ2v) is 10.4. The van der Waals surface area contributed by atoms with Crippen LogP contribution in [0.2, 0.25) is 0 Å². The third-order valence-electron chi connectivity index (χ3n) is 6.98. The Morgan fingerprint density at radius 2 is 1.94 bits per heavy atom. The molecule has 4 aliphatic heterocycles. The highest BCUT2D eigenvalue weighted by molar-refractivity contribution is 7.92. The van der Waals surface area contributed by atoms with E-state index in [9.17, 15) is 22.8 Å². The smallest absolute Gasteiger partial charge is 0.255 e. The number of piperidine rings is 2. The standard InChI is InChI=1S/C21H23N3O6S/c1-2-31(28,29)23-9-7-21(8-10-23)12-30-18-14-11-24(16-5-6-17(25)22-19(16)26)20(27)13(14)3-4-15(18)21/h2-4,16H,1,5-12H2,(H,22,25,26)/t16-/m0/s1. The largest absolute Gasteiger partial charge is 0.492 e. The van der Waals surface area contributed by atoms with Crippen molar-refractivity contribution in [2.45, 2.75) is 43.7 Å². The van der Waals surface area contributed by atoms with E-state index in [1.54, 1.807) is 6.07 Å². The average molecular weight is 445 g/mol. The van der Waals surface area contributed by atoms with E-state index in [4.69, 9.17) is 4.74 Å². The van der Waals surface area contributed by atoms with Crippen molar-refractivity contribution in [2.24, 2.45) is 0 Å². The van der Waals surface area contributed by atoms with Gasteiger partial charge in [-0.25, -0.2) is 8.42 Å². The lowest BCUT2D eigenvalue weighted by atomic mass is 9.74. The van der Waals surface area contributed by atoms with Crippen LogP contribution in [0.5, 0.6) is 5.75 Å². The fraction of sp³-hybridized carbons (Fsp3) is 0.476. The number of fused-ring (bicyclic) bond motifs is 4. The molecule has 31 heavy (non-hydrogen) atoms. The summed E-state index contributed by atoms with van der Waals surface area (Å²) >= 11 is 0. The number of carbonyl (C=O) groups is 3. The van der Waals surface area contributed by atoms with Gasteiger partial charge >= 0.3 is 0 Å². The van der Waals surface area contributed by atoms with Crippen LogP contribution in [0.15, 0.2) is 24.1 Å². The number of sulfonamides is 1. The van der Waals surface area contributed by atoms with Crippen LogP contribution in [0.3, 0.4) is 0 Å². The Kier molecular flexibility index (Phi) is 4.49. The van der Waals surface area contributed by atoms with Crippen molar-refractivity contribution in [1.82, 2.24) is 14.5 Å². The van der Waals surface area contributed by atoms with Gasteiger partial charge in [0.1, 0.15) is 11.8 Å². The molecule has 2 saturated heterocycles. The Hall–Kier alpha value is -2.72. The first-order chi connectivity index (χ1) is 14.8. The second-order valence-electron chi connectivity index (χ2n) is 8.55. The van der Waals surface area contributed by atoms with Gasteiger partial charge in [0.2, 0.25) is 21.8 Å². The number of nitrogens with one attached hydrogen (secondary N) is 1. The minimum Gasteiger partial charge on any atom is -0.492 e. The second kappa shape index (κ2) is 6.89. The monoisotopic (exact) mass is 445 g/mol.